The fraction of sp³-hybridized carbons (Fsp3) is 0.200. The Balaban J connectivity index is 2.57. The van der Waals surface area contributed by atoms with Crippen molar-refractivity contribution >= 4 is 10.1 Å². The third-order valence-electron chi connectivity index (χ3n) is 3.12. The maximum Gasteiger partial charge on any atom is 0.534 e. The number of alkyl halides is 3. The van der Waals surface area contributed by atoms with Gasteiger partial charge in [0.05, 0.1) is 14.2 Å². The summed E-state index contributed by atoms with van der Waals surface area (Å²) in [5, 5.41) is 0. The molecule has 0 spiro atoms. The SMILES string of the molecule is COc1ccc(-c2ccc(F)cc2OS(=O)(=O)C(F)(F)F)cc1OC. The summed E-state index contributed by atoms with van der Waals surface area (Å²) in [6, 6.07) is 6.88. The summed E-state index contributed by atoms with van der Waals surface area (Å²) in [4.78, 5) is 0. The lowest BCUT2D eigenvalue weighted by Gasteiger charge is -2.14. The monoisotopic (exact) mass is 380 g/mol. The fourth-order valence-electron chi connectivity index (χ4n) is 1.97. The Kier molecular flexibility index (Phi) is 5.12. The van der Waals surface area contributed by atoms with E-state index in [2.05, 4.69) is 4.18 Å². The summed E-state index contributed by atoms with van der Waals surface area (Å²) in [6.07, 6.45) is 0. The molecule has 2 rings (SSSR count). The van der Waals surface area contributed by atoms with E-state index in [1.807, 2.05) is 0 Å². The van der Waals surface area contributed by atoms with Gasteiger partial charge in [0, 0.05) is 11.6 Å². The number of rotatable bonds is 5. The van der Waals surface area contributed by atoms with E-state index < -0.39 is 27.2 Å². The Labute approximate surface area is 140 Å². The lowest BCUT2D eigenvalue weighted by atomic mass is 10.0. The van der Waals surface area contributed by atoms with Gasteiger partial charge in [-0.05, 0) is 29.8 Å². The highest BCUT2D eigenvalue weighted by Gasteiger charge is 2.48. The number of ether oxygens (including phenoxy) is 2. The summed E-state index contributed by atoms with van der Waals surface area (Å²) in [5.41, 5.74) is -5.48. The molecule has 0 amide bonds. The quantitative estimate of drug-likeness (QED) is 0.449. The van der Waals surface area contributed by atoms with Crippen LogP contribution in [0.4, 0.5) is 17.6 Å². The minimum Gasteiger partial charge on any atom is -0.493 e. The third-order valence-corrected chi connectivity index (χ3v) is 4.09. The second-order valence-electron chi connectivity index (χ2n) is 4.69. The highest BCUT2D eigenvalue weighted by atomic mass is 32.2. The van der Waals surface area contributed by atoms with Crippen LogP contribution >= 0.6 is 0 Å². The van der Waals surface area contributed by atoms with Crippen molar-refractivity contribution in [2.24, 2.45) is 0 Å². The number of methoxy groups -OCH3 is 2. The molecule has 2 aromatic carbocycles. The van der Waals surface area contributed by atoms with Crippen molar-refractivity contribution in [3.8, 4) is 28.4 Å². The number of hydrogen-bond donors (Lipinski definition) is 0. The zero-order valence-electron chi connectivity index (χ0n) is 12.9. The van der Waals surface area contributed by atoms with Crippen molar-refractivity contribution < 1.29 is 39.6 Å². The standard InChI is InChI=1S/C15H12F4O5S/c1-22-12-6-3-9(7-14(12)23-2)11-5-4-10(16)8-13(11)24-25(20,21)15(17,18)19/h3-8H,1-2H3. The Hall–Kier alpha value is -2.49. The summed E-state index contributed by atoms with van der Waals surface area (Å²) in [6.45, 7) is 0. The molecule has 0 saturated heterocycles. The van der Waals surface area contributed by atoms with Gasteiger partial charge in [0.1, 0.15) is 5.82 Å². The first-order chi connectivity index (χ1) is 11.6. The van der Waals surface area contributed by atoms with Crippen molar-refractivity contribution in [1.29, 1.82) is 0 Å². The van der Waals surface area contributed by atoms with Crippen LogP contribution in [0.15, 0.2) is 36.4 Å². The number of benzene rings is 2. The van der Waals surface area contributed by atoms with Crippen LogP contribution in [0.5, 0.6) is 17.2 Å². The Morgan fingerprint density at radius 1 is 0.880 bits per heavy atom. The maximum atomic E-state index is 13.4. The van der Waals surface area contributed by atoms with E-state index >= 15 is 0 Å². The predicted molar refractivity (Wildman–Crippen MR) is 80.5 cm³/mol. The molecule has 0 aliphatic rings. The van der Waals surface area contributed by atoms with Crippen LogP contribution in [0.2, 0.25) is 0 Å². The van der Waals surface area contributed by atoms with Gasteiger partial charge in [0.2, 0.25) is 0 Å². The predicted octanol–water partition coefficient (Wildman–Crippen LogP) is 3.74. The maximum absolute atomic E-state index is 13.4. The van der Waals surface area contributed by atoms with Gasteiger partial charge in [-0.2, -0.15) is 21.6 Å². The van der Waals surface area contributed by atoms with Gasteiger partial charge in [-0.1, -0.05) is 6.07 Å². The van der Waals surface area contributed by atoms with Gasteiger partial charge in [-0.3, -0.25) is 0 Å². The fourth-order valence-corrected chi connectivity index (χ4v) is 2.44. The van der Waals surface area contributed by atoms with E-state index in [0.717, 1.165) is 12.1 Å². The van der Waals surface area contributed by atoms with E-state index in [-0.39, 0.29) is 16.9 Å². The molecule has 0 atom stereocenters. The molecule has 25 heavy (non-hydrogen) atoms. The summed E-state index contributed by atoms with van der Waals surface area (Å²) in [5.74, 6) is -1.17. The minimum absolute atomic E-state index is 0.0739. The molecule has 0 N–H and O–H groups in total. The normalized spacial score (nSPS) is 11.9. The molecule has 0 aliphatic heterocycles. The molecule has 0 bridgehead atoms. The second-order valence-corrected chi connectivity index (χ2v) is 6.23. The lowest BCUT2D eigenvalue weighted by Crippen LogP contribution is -2.28. The molecule has 10 heteroatoms. The van der Waals surface area contributed by atoms with Crippen LogP contribution in [0.25, 0.3) is 11.1 Å². The van der Waals surface area contributed by atoms with Crippen molar-refractivity contribution in [1.82, 2.24) is 0 Å². The number of hydrogen-bond acceptors (Lipinski definition) is 5. The molecular formula is C15H12F4O5S. The van der Waals surface area contributed by atoms with Gasteiger partial charge < -0.3 is 13.7 Å². The highest BCUT2D eigenvalue weighted by molar-refractivity contribution is 7.88. The van der Waals surface area contributed by atoms with Crippen LogP contribution in [-0.2, 0) is 10.1 Å². The van der Waals surface area contributed by atoms with Crippen LogP contribution < -0.4 is 13.7 Å². The highest BCUT2D eigenvalue weighted by Crippen LogP contribution is 2.38. The zero-order chi connectivity index (χ0) is 18.8. The van der Waals surface area contributed by atoms with Gasteiger partial charge in [-0.25, -0.2) is 4.39 Å². The van der Waals surface area contributed by atoms with Gasteiger partial charge in [0.15, 0.2) is 17.2 Å². The third kappa shape index (κ3) is 3.95. The van der Waals surface area contributed by atoms with E-state index in [4.69, 9.17) is 9.47 Å². The molecule has 0 heterocycles. The van der Waals surface area contributed by atoms with E-state index in [1.54, 1.807) is 0 Å². The first-order valence-corrected chi connectivity index (χ1v) is 8.02. The topological polar surface area (TPSA) is 61.8 Å². The average molecular weight is 380 g/mol. The first-order valence-electron chi connectivity index (χ1n) is 6.61. The Bertz CT molecular complexity index is 878. The molecule has 0 unspecified atom stereocenters. The molecule has 2 aromatic rings. The largest absolute Gasteiger partial charge is 0.534 e. The van der Waals surface area contributed by atoms with Crippen molar-refractivity contribution in [3.63, 3.8) is 0 Å². The minimum atomic E-state index is -5.95. The van der Waals surface area contributed by atoms with E-state index in [1.165, 1.54) is 32.4 Å². The summed E-state index contributed by atoms with van der Waals surface area (Å²) in [7, 11) is -3.22. The van der Waals surface area contributed by atoms with Crippen molar-refractivity contribution in [2.75, 3.05) is 14.2 Å². The van der Waals surface area contributed by atoms with Gasteiger partial charge in [0.25, 0.3) is 0 Å². The molecule has 0 saturated carbocycles. The van der Waals surface area contributed by atoms with Crippen molar-refractivity contribution in [2.45, 2.75) is 5.51 Å². The zero-order valence-corrected chi connectivity index (χ0v) is 13.7. The van der Waals surface area contributed by atoms with Gasteiger partial charge >= 0.3 is 15.6 Å². The van der Waals surface area contributed by atoms with Crippen molar-refractivity contribution in [3.05, 3.63) is 42.2 Å². The van der Waals surface area contributed by atoms with Crippen LogP contribution in [-0.4, -0.2) is 28.1 Å². The molecule has 136 valence electrons. The second kappa shape index (κ2) is 6.79. The summed E-state index contributed by atoms with van der Waals surface area (Å²) < 4.78 is 87.7. The molecule has 5 nitrogen and oxygen atoms in total. The molecule has 0 aliphatic carbocycles. The molecular weight excluding hydrogens is 368 g/mol. The van der Waals surface area contributed by atoms with E-state index in [0.29, 0.717) is 11.8 Å². The molecule has 0 fully saturated rings. The first kappa shape index (κ1) is 18.8. The van der Waals surface area contributed by atoms with Crippen LogP contribution in [0.1, 0.15) is 0 Å². The number of halogens is 4. The Morgan fingerprint density at radius 2 is 1.52 bits per heavy atom. The average Bonchev–Trinajstić information content (AvgIpc) is 2.53. The molecule has 0 aromatic heterocycles. The Morgan fingerprint density at radius 3 is 2.08 bits per heavy atom. The lowest BCUT2D eigenvalue weighted by molar-refractivity contribution is -0.0499. The van der Waals surface area contributed by atoms with Crippen LogP contribution in [0.3, 0.4) is 0 Å². The van der Waals surface area contributed by atoms with E-state index in [9.17, 15) is 26.0 Å². The van der Waals surface area contributed by atoms with Crippen LogP contribution in [0, 0.1) is 5.82 Å². The summed E-state index contributed by atoms with van der Waals surface area (Å²) >= 11 is 0. The smallest absolute Gasteiger partial charge is 0.493 e. The molecule has 0 radical (unpaired) electrons. The van der Waals surface area contributed by atoms with Gasteiger partial charge in [-0.15, -0.1) is 0 Å².